The number of hydrogen-bond donors (Lipinski definition) is 3. The summed E-state index contributed by atoms with van der Waals surface area (Å²) in [6.07, 6.45) is 33.1. The summed E-state index contributed by atoms with van der Waals surface area (Å²) in [6, 6.07) is 7.74. The molecule has 1 rings (SSSR count). The molecule has 0 saturated heterocycles. The van der Waals surface area contributed by atoms with Gasteiger partial charge in [0.05, 0.1) is 11.3 Å². The Bertz CT molecular complexity index is 1240. The molecule has 0 saturated carbocycles. The van der Waals surface area contributed by atoms with E-state index in [0.29, 0.717) is 37.2 Å². The highest BCUT2D eigenvalue weighted by molar-refractivity contribution is 5.92. The van der Waals surface area contributed by atoms with Gasteiger partial charge in [-0.1, -0.05) is 138 Å². The number of rotatable bonds is 25. The molecule has 5 N–H and O–H groups in total. The van der Waals surface area contributed by atoms with Gasteiger partial charge in [0.15, 0.2) is 0 Å². The Hall–Kier alpha value is -3.93. The van der Waals surface area contributed by atoms with E-state index in [0.717, 1.165) is 44.1 Å². The molecular formula is C41H60N2O4. The number of carbonyl (C=O) groups excluding carboxylic acids is 2. The van der Waals surface area contributed by atoms with E-state index in [4.69, 9.17) is 11.5 Å². The number of aliphatic carboxylic acids is 1. The van der Waals surface area contributed by atoms with Crippen LogP contribution in [0.2, 0.25) is 0 Å². The number of primary amides is 2. The number of benzene rings is 1. The van der Waals surface area contributed by atoms with Crippen LogP contribution in [0.25, 0.3) is 0 Å². The zero-order valence-electron chi connectivity index (χ0n) is 29.3. The number of nitrogens with two attached hydrogens (primary N) is 2. The third kappa shape index (κ3) is 16.5. The number of carboxylic acid groups (broad SMARTS) is 1. The molecular weight excluding hydrogens is 584 g/mol. The first kappa shape index (κ1) is 41.1. The average Bonchev–Trinajstić information content (AvgIpc) is 3.02. The zero-order chi connectivity index (χ0) is 34.9. The molecule has 2 amide bonds. The van der Waals surface area contributed by atoms with Gasteiger partial charge in [-0.15, -0.1) is 0 Å². The minimum atomic E-state index is -1.43. The van der Waals surface area contributed by atoms with Gasteiger partial charge in [-0.05, 0) is 80.8 Å². The van der Waals surface area contributed by atoms with E-state index >= 15 is 0 Å². The number of amides is 2. The normalized spacial score (nSPS) is 15.2. The van der Waals surface area contributed by atoms with Crippen molar-refractivity contribution in [1.29, 1.82) is 0 Å². The second kappa shape index (κ2) is 24.3. The molecule has 0 aliphatic rings. The van der Waals surface area contributed by atoms with Crippen molar-refractivity contribution < 1.29 is 19.5 Å². The number of hydrogen-bond acceptors (Lipinski definition) is 3. The lowest BCUT2D eigenvalue weighted by atomic mass is 9.63. The molecule has 0 radical (unpaired) electrons. The van der Waals surface area contributed by atoms with Gasteiger partial charge in [0.1, 0.15) is 0 Å². The second-order valence-corrected chi connectivity index (χ2v) is 12.6. The van der Waals surface area contributed by atoms with Gasteiger partial charge in [0.2, 0.25) is 11.8 Å². The van der Waals surface area contributed by atoms with E-state index in [-0.39, 0.29) is 24.7 Å². The first-order chi connectivity index (χ1) is 22.6. The summed E-state index contributed by atoms with van der Waals surface area (Å²) in [5.74, 6) is -2.87. The Kier molecular flexibility index (Phi) is 21.2. The molecule has 0 bridgehead atoms. The molecule has 258 valence electrons. The summed E-state index contributed by atoms with van der Waals surface area (Å²) in [5.41, 5.74) is 11.9. The largest absolute Gasteiger partial charge is 0.481 e. The molecule has 1 aromatic carbocycles. The lowest BCUT2D eigenvalue weighted by Gasteiger charge is -2.38. The van der Waals surface area contributed by atoms with Crippen molar-refractivity contribution in [2.45, 2.75) is 110 Å². The Morgan fingerprint density at radius 2 is 1.32 bits per heavy atom. The maximum absolute atomic E-state index is 13.6. The summed E-state index contributed by atoms with van der Waals surface area (Å²) >= 11 is 0. The van der Waals surface area contributed by atoms with Crippen LogP contribution in [0.3, 0.4) is 0 Å². The molecule has 3 unspecified atom stereocenters. The Labute approximate surface area is 284 Å². The Balaban J connectivity index is 3.29. The molecule has 3 atom stereocenters. The summed E-state index contributed by atoms with van der Waals surface area (Å²) < 4.78 is 0. The summed E-state index contributed by atoms with van der Waals surface area (Å²) in [4.78, 5) is 37.8. The smallest absolute Gasteiger partial charge is 0.307 e. The fourth-order valence-corrected chi connectivity index (χ4v) is 5.75. The Morgan fingerprint density at radius 1 is 0.787 bits per heavy atom. The number of unbranched alkanes of at least 4 members (excludes halogenated alkanes) is 1. The third-order valence-corrected chi connectivity index (χ3v) is 8.16. The standard InChI is InChI=1S/C41H60N2O4/c1-5-7-9-10-11-12-13-14-15-16-17-18-19-20-23-35(24-21-22-26-38(42)44)32-41(40(43)47,37(39(45)46)25-8-6-2)36-29-27-34(28-30-36)31-33(3)4/h7,9,11-12,14-15,17-18,20-21,23-24,27-30,33,35,37H,5-6,8,10,13,16,19,22,25-26,31-32H2,1-4H3,(H2,42,44)(H2,43,47)(H,45,46)/b9-7-,12-11-,15-14-,18-17-,23-20-,24-21-. The number of carboxylic acids is 1. The van der Waals surface area contributed by atoms with Gasteiger partial charge >= 0.3 is 5.97 Å². The summed E-state index contributed by atoms with van der Waals surface area (Å²) in [6.45, 7) is 8.43. The van der Waals surface area contributed by atoms with Gasteiger partial charge in [-0.25, -0.2) is 0 Å². The zero-order valence-corrected chi connectivity index (χ0v) is 29.3. The fourth-order valence-electron chi connectivity index (χ4n) is 5.75. The fraction of sp³-hybridized carbons (Fsp3) is 0.488. The second-order valence-electron chi connectivity index (χ2n) is 12.6. The predicted molar refractivity (Wildman–Crippen MR) is 197 cm³/mol. The van der Waals surface area contributed by atoms with Crippen LogP contribution in [0, 0.1) is 17.8 Å². The topological polar surface area (TPSA) is 123 Å². The van der Waals surface area contributed by atoms with Crippen LogP contribution in [0.5, 0.6) is 0 Å². The van der Waals surface area contributed by atoms with Crippen LogP contribution in [-0.4, -0.2) is 22.9 Å². The summed E-state index contributed by atoms with van der Waals surface area (Å²) in [7, 11) is 0. The van der Waals surface area contributed by atoms with Gasteiger partial charge in [0, 0.05) is 6.42 Å². The van der Waals surface area contributed by atoms with Gasteiger partial charge in [0.25, 0.3) is 0 Å². The minimum Gasteiger partial charge on any atom is -0.481 e. The molecule has 0 aromatic heterocycles. The molecule has 0 spiro atoms. The maximum atomic E-state index is 13.6. The van der Waals surface area contributed by atoms with Gasteiger partial charge < -0.3 is 16.6 Å². The van der Waals surface area contributed by atoms with Crippen molar-refractivity contribution in [2.24, 2.45) is 29.2 Å². The SMILES string of the molecule is CC/C=C\C/C=C\C/C=C\C/C=C\C/C=C\C(/C=C\CCC(N)=O)CC(C(N)=O)(c1ccc(CC(C)C)cc1)C(CCCC)C(=O)O. The highest BCUT2D eigenvalue weighted by Crippen LogP contribution is 2.42. The van der Waals surface area contributed by atoms with E-state index in [1.165, 1.54) is 0 Å². The van der Waals surface area contributed by atoms with Crippen molar-refractivity contribution in [3.8, 4) is 0 Å². The molecule has 47 heavy (non-hydrogen) atoms. The summed E-state index contributed by atoms with van der Waals surface area (Å²) in [5, 5.41) is 10.5. The molecule has 0 aliphatic heterocycles. The molecule has 1 aromatic rings. The van der Waals surface area contributed by atoms with E-state index in [9.17, 15) is 19.5 Å². The molecule has 0 heterocycles. The molecule has 6 nitrogen and oxygen atoms in total. The average molecular weight is 645 g/mol. The lowest BCUT2D eigenvalue weighted by Crippen LogP contribution is -2.51. The third-order valence-electron chi connectivity index (χ3n) is 8.16. The highest BCUT2D eigenvalue weighted by Gasteiger charge is 2.49. The molecule has 0 aliphatic carbocycles. The number of carbonyl (C=O) groups is 3. The molecule has 0 fully saturated rings. The van der Waals surface area contributed by atoms with Crippen LogP contribution in [0.4, 0.5) is 0 Å². The van der Waals surface area contributed by atoms with Gasteiger partial charge in [-0.2, -0.15) is 0 Å². The van der Waals surface area contributed by atoms with E-state index in [1.807, 2.05) is 55.5 Å². The van der Waals surface area contributed by atoms with E-state index in [1.54, 1.807) is 0 Å². The van der Waals surface area contributed by atoms with Crippen molar-refractivity contribution in [3.05, 3.63) is 108 Å². The Morgan fingerprint density at radius 3 is 1.79 bits per heavy atom. The quantitative estimate of drug-likeness (QED) is 0.0919. The van der Waals surface area contributed by atoms with Crippen LogP contribution < -0.4 is 11.5 Å². The first-order valence-electron chi connectivity index (χ1n) is 17.4. The molecule has 6 heteroatoms. The lowest BCUT2D eigenvalue weighted by molar-refractivity contribution is -0.149. The predicted octanol–water partition coefficient (Wildman–Crippen LogP) is 9.08. The van der Waals surface area contributed by atoms with Crippen molar-refractivity contribution in [1.82, 2.24) is 0 Å². The maximum Gasteiger partial charge on any atom is 0.307 e. The van der Waals surface area contributed by atoms with Crippen LogP contribution in [-0.2, 0) is 26.2 Å². The highest BCUT2D eigenvalue weighted by atomic mass is 16.4. The minimum absolute atomic E-state index is 0.199. The van der Waals surface area contributed by atoms with Crippen LogP contribution >= 0.6 is 0 Å². The first-order valence-corrected chi connectivity index (χ1v) is 17.4. The van der Waals surface area contributed by atoms with Crippen molar-refractivity contribution in [2.75, 3.05) is 0 Å². The number of allylic oxidation sites excluding steroid dienone is 12. The monoisotopic (exact) mass is 644 g/mol. The van der Waals surface area contributed by atoms with Crippen LogP contribution in [0.1, 0.15) is 109 Å². The van der Waals surface area contributed by atoms with Crippen molar-refractivity contribution >= 4 is 17.8 Å². The van der Waals surface area contributed by atoms with Crippen molar-refractivity contribution in [3.63, 3.8) is 0 Å². The van der Waals surface area contributed by atoms with Crippen LogP contribution in [0.15, 0.2) is 97.2 Å². The van der Waals surface area contributed by atoms with Gasteiger partial charge in [-0.3, -0.25) is 14.4 Å². The van der Waals surface area contributed by atoms with E-state index in [2.05, 4.69) is 69.4 Å². The van der Waals surface area contributed by atoms with E-state index < -0.39 is 23.2 Å².